The highest BCUT2D eigenvalue weighted by Gasteiger charge is 2.29. The van der Waals surface area contributed by atoms with Gasteiger partial charge in [0.05, 0.1) is 0 Å². The molecule has 2 N–H and O–H groups in total. The number of hydrogen-bond acceptors (Lipinski definition) is 3. The highest BCUT2D eigenvalue weighted by molar-refractivity contribution is 5.78. The van der Waals surface area contributed by atoms with Crippen molar-refractivity contribution in [1.82, 2.24) is 14.6 Å². The zero-order valence-corrected chi connectivity index (χ0v) is 15.0. The van der Waals surface area contributed by atoms with E-state index in [-0.39, 0.29) is 5.82 Å². The fourth-order valence-electron chi connectivity index (χ4n) is 3.91. The molecule has 1 aromatic carbocycles. The first-order valence-corrected chi connectivity index (χ1v) is 9.11. The lowest BCUT2D eigenvalue weighted by Crippen LogP contribution is -2.35. The molecule has 26 heavy (non-hydrogen) atoms. The molecule has 1 fully saturated rings. The van der Waals surface area contributed by atoms with Gasteiger partial charge in [-0.25, -0.2) is 13.9 Å². The van der Waals surface area contributed by atoms with Crippen molar-refractivity contribution in [2.45, 2.75) is 39.2 Å². The molecule has 0 bridgehead atoms. The quantitative estimate of drug-likeness (QED) is 0.726. The van der Waals surface area contributed by atoms with Crippen LogP contribution in [0.4, 0.5) is 10.2 Å². The molecular weight excluding hydrogens is 329 g/mol. The van der Waals surface area contributed by atoms with Gasteiger partial charge in [-0.1, -0.05) is 26.7 Å². The van der Waals surface area contributed by atoms with E-state index in [9.17, 15) is 9.65 Å². The van der Waals surface area contributed by atoms with Crippen molar-refractivity contribution < 1.29 is 4.39 Å². The van der Waals surface area contributed by atoms with E-state index in [1.165, 1.54) is 25.0 Å². The molecule has 0 aliphatic heterocycles. The van der Waals surface area contributed by atoms with E-state index in [1.54, 1.807) is 18.3 Å². The minimum atomic E-state index is -0.277. The number of aromatic nitrogens is 3. The molecule has 6 heteroatoms. The molecule has 1 aliphatic carbocycles. The summed E-state index contributed by atoms with van der Waals surface area (Å²) in [5.41, 5.74) is 2.64. The van der Waals surface area contributed by atoms with Crippen molar-refractivity contribution in [1.29, 1.82) is 5.26 Å². The lowest BCUT2D eigenvalue weighted by atomic mass is 9.78. The number of anilines is 1. The first-order valence-electron chi connectivity index (χ1n) is 9.11. The molecule has 0 radical (unpaired) electrons. The zero-order valence-electron chi connectivity index (χ0n) is 15.0. The van der Waals surface area contributed by atoms with Gasteiger partial charge >= 0.3 is 0 Å². The minimum absolute atomic E-state index is 0.277. The Balaban J connectivity index is 1.80. The van der Waals surface area contributed by atoms with E-state index in [0.29, 0.717) is 29.1 Å². The molecule has 134 valence electrons. The predicted molar refractivity (Wildman–Crippen MR) is 99.2 cm³/mol. The van der Waals surface area contributed by atoms with E-state index in [2.05, 4.69) is 35.3 Å². The maximum absolute atomic E-state index is 13.3. The molecule has 0 amide bonds. The summed E-state index contributed by atoms with van der Waals surface area (Å²) in [6.45, 7) is 4.58. The van der Waals surface area contributed by atoms with Crippen LogP contribution in [0.2, 0.25) is 0 Å². The molecule has 2 aromatic heterocycles. The van der Waals surface area contributed by atoms with Gasteiger partial charge in [-0.3, -0.25) is 5.10 Å². The summed E-state index contributed by atoms with van der Waals surface area (Å²) in [5.74, 6) is 1.76. The lowest BCUT2D eigenvalue weighted by Gasteiger charge is -2.35. The van der Waals surface area contributed by atoms with Crippen LogP contribution in [0.15, 0.2) is 30.5 Å². The summed E-state index contributed by atoms with van der Waals surface area (Å²) in [6, 6.07) is 8.82. The summed E-state index contributed by atoms with van der Waals surface area (Å²) in [4.78, 5) is 4.68. The number of nitriles is 1. The van der Waals surface area contributed by atoms with Gasteiger partial charge in [0.2, 0.25) is 0 Å². The summed E-state index contributed by atoms with van der Waals surface area (Å²) in [7, 11) is 0. The van der Waals surface area contributed by atoms with Crippen molar-refractivity contribution in [3.63, 3.8) is 0 Å². The third-order valence-corrected chi connectivity index (χ3v) is 5.72. The predicted octanol–water partition coefficient (Wildman–Crippen LogP) is 4.58. The second-order valence-corrected chi connectivity index (χ2v) is 7.29. The van der Waals surface area contributed by atoms with E-state index in [4.69, 9.17) is 0 Å². The highest BCUT2D eigenvalue weighted by Crippen LogP contribution is 2.35. The van der Waals surface area contributed by atoms with Gasteiger partial charge in [-0.05, 0) is 42.5 Å². The third kappa shape index (κ3) is 2.74. The van der Waals surface area contributed by atoms with Crippen LogP contribution in [0.1, 0.15) is 38.7 Å². The molecular formula is C20H22FN5. The van der Waals surface area contributed by atoms with Crippen LogP contribution < -0.4 is 5.32 Å². The Kier molecular flexibility index (Phi) is 4.15. The van der Waals surface area contributed by atoms with Crippen LogP contribution in [-0.2, 0) is 0 Å². The van der Waals surface area contributed by atoms with E-state index < -0.39 is 0 Å². The van der Waals surface area contributed by atoms with Crippen molar-refractivity contribution in [3.8, 4) is 17.3 Å². The Bertz CT molecular complexity index is 963. The standard InChI is InChI=1S/C20H22FN5/c1-12-4-3-5-17(13(12)2)24-20-18(14-6-8-16(21)9-7-14)25-19-15(10-22)11-23-26(19)20/h6-9,11-13,17,23-24H,3-5H2,1-2H3/t12-,13+,17+/m1/s1. The van der Waals surface area contributed by atoms with Crippen molar-refractivity contribution in [2.75, 3.05) is 5.32 Å². The van der Waals surface area contributed by atoms with E-state index in [1.807, 2.05) is 4.52 Å². The number of rotatable bonds is 3. The van der Waals surface area contributed by atoms with Crippen molar-refractivity contribution in [3.05, 3.63) is 41.8 Å². The number of nitrogens with zero attached hydrogens (tertiary/aromatic N) is 3. The second kappa shape index (κ2) is 6.49. The molecule has 3 atom stereocenters. The Hall–Kier alpha value is -2.81. The average Bonchev–Trinajstić information content (AvgIpc) is 3.19. The normalized spacial score (nSPS) is 23.1. The maximum atomic E-state index is 13.3. The number of halogens is 1. The van der Waals surface area contributed by atoms with Gasteiger partial charge in [0, 0.05) is 17.8 Å². The Labute approximate surface area is 151 Å². The Morgan fingerprint density at radius 1 is 1.27 bits per heavy atom. The topological polar surface area (TPSA) is 68.9 Å². The molecule has 0 unspecified atom stereocenters. The molecule has 0 saturated heterocycles. The Morgan fingerprint density at radius 3 is 2.77 bits per heavy atom. The average molecular weight is 351 g/mol. The summed E-state index contributed by atoms with van der Waals surface area (Å²) in [6.07, 6.45) is 5.22. The number of benzene rings is 1. The summed E-state index contributed by atoms with van der Waals surface area (Å²) < 4.78 is 15.2. The smallest absolute Gasteiger partial charge is 0.173 e. The number of imidazole rings is 1. The number of H-pyrrole nitrogens is 1. The van der Waals surface area contributed by atoms with Gasteiger partial charge < -0.3 is 5.32 Å². The van der Waals surface area contributed by atoms with Gasteiger partial charge in [-0.2, -0.15) is 5.26 Å². The zero-order chi connectivity index (χ0) is 18.3. The van der Waals surface area contributed by atoms with Crippen molar-refractivity contribution >= 4 is 11.5 Å². The van der Waals surface area contributed by atoms with Crippen LogP contribution in [0.25, 0.3) is 16.9 Å². The van der Waals surface area contributed by atoms with Gasteiger partial charge in [0.1, 0.15) is 23.1 Å². The molecule has 3 aromatic rings. The summed E-state index contributed by atoms with van der Waals surface area (Å²) in [5, 5.41) is 16.1. The van der Waals surface area contributed by atoms with Crippen LogP contribution >= 0.6 is 0 Å². The number of hydrogen-bond donors (Lipinski definition) is 2. The third-order valence-electron chi connectivity index (χ3n) is 5.72. The Morgan fingerprint density at radius 2 is 2.04 bits per heavy atom. The number of aromatic amines is 1. The van der Waals surface area contributed by atoms with E-state index >= 15 is 0 Å². The monoisotopic (exact) mass is 351 g/mol. The fourth-order valence-corrected chi connectivity index (χ4v) is 3.91. The van der Waals surface area contributed by atoms with Gasteiger partial charge in [-0.15, -0.1) is 0 Å². The maximum Gasteiger partial charge on any atom is 0.173 e. The van der Waals surface area contributed by atoms with Crippen molar-refractivity contribution in [2.24, 2.45) is 11.8 Å². The highest BCUT2D eigenvalue weighted by atomic mass is 19.1. The van der Waals surface area contributed by atoms with E-state index in [0.717, 1.165) is 23.5 Å². The molecule has 1 saturated carbocycles. The minimum Gasteiger partial charge on any atom is -0.365 e. The largest absolute Gasteiger partial charge is 0.365 e. The lowest BCUT2D eigenvalue weighted by molar-refractivity contribution is 0.252. The molecule has 2 heterocycles. The first kappa shape index (κ1) is 16.6. The van der Waals surface area contributed by atoms with Gasteiger partial charge in [0.25, 0.3) is 0 Å². The van der Waals surface area contributed by atoms with Crippen LogP contribution in [0.3, 0.4) is 0 Å². The van der Waals surface area contributed by atoms with Crippen LogP contribution in [-0.4, -0.2) is 20.6 Å². The summed E-state index contributed by atoms with van der Waals surface area (Å²) >= 11 is 0. The molecule has 0 spiro atoms. The SMILES string of the molecule is C[C@H]1[C@H](C)CCC[C@@H]1Nc1c(-c2ccc(F)cc2)nc2c(C#N)c[nH]n12. The van der Waals surface area contributed by atoms with Crippen LogP contribution in [0, 0.1) is 29.0 Å². The number of fused-ring (bicyclic) bond motifs is 1. The van der Waals surface area contributed by atoms with Gasteiger partial charge in [0.15, 0.2) is 11.5 Å². The second-order valence-electron chi connectivity index (χ2n) is 7.29. The fraction of sp³-hybridized carbons (Fsp3) is 0.400. The molecule has 1 aliphatic rings. The molecule has 5 nitrogen and oxygen atoms in total. The number of nitrogens with one attached hydrogen (secondary N) is 2. The molecule has 4 rings (SSSR count). The van der Waals surface area contributed by atoms with Crippen LogP contribution in [0.5, 0.6) is 0 Å². The first-order chi connectivity index (χ1) is 12.6.